The summed E-state index contributed by atoms with van der Waals surface area (Å²) in [4.78, 5) is 1.31. The van der Waals surface area contributed by atoms with E-state index in [2.05, 4.69) is 23.7 Å². The van der Waals surface area contributed by atoms with Crippen LogP contribution in [-0.4, -0.2) is 13.2 Å². The van der Waals surface area contributed by atoms with Crippen LogP contribution in [0.4, 0.5) is 4.39 Å². The molecule has 1 unspecified atom stereocenters. The number of hydrogen-bond donors (Lipinski definition) is 1. The first-order valence-electron chi connectivity index (χ1n) is 5.91. The average Bonchev–Trinajstić information content (AvgIpc) is 2.88. The lowest BCUT2D eigenvalue weighted by Crippen LogP contribution is -2.23. The van der Waals surface area contributed by atoms with Crippen LogP contribution >= 0.6 is 11.3 Å². The van der Waals surface area contributed by atoms with E-state index in [-0.39, 0.29) is 5.82 Å². The summed E-state index contributed by atoms with van der Waals surface area (Å²) < 4.78 is 18.4. The van der Waals surface area contributed by atoms with Gasteiger partial charge in [0, 0.05) is 23.5 Å². The fourth-order valence-corrected chi connectivity index (χ4v) is 2.40. The van der Waals surface area contributed by atoms with Crippen LogP contribution in [0.15, 0.2) is 41.8 Å². The Morgan fingerprint density at radius 2 is 2.22 bits per heavy atom. The second-order valence-electron chi connectivity index (χ2n) is 4.00. The molecule has 2 nitrogen and oxygen atoms in total. The molecule has 1 atom stereocenters. The van der Waals surface area contributed by atoms with Crippen molar-refractivity contribution in [3.63, 3.8) is 0 Å². The van der Waals surface area contributed by atoms with Gasteiger partial charge in [-0.25, -0.2) is 4.39 Å². The van der Waals surface area contributed by atoms with Gasteiger partial charge in [-0.05, 0) is 30.5 Å². The Morgan fingerprint density at radius 3 is 2.94 bits per heavy atom. The standard InChI is InChI=1S/C14H16FNOS/c1-11(14-6-3-9-18-14)16-7-8-17-13-5-2-4-12(15)10-13/h2-6,9-11,16H,7-8H2,1H3. The topological polar surface area (TPSA) is 21.3 Å². The Balaban J connectivity index is 1.70. The summed E-state index contributed by atoms with van der Waals surface area (Å²) in [6.45, 7) is 3.38. The van der Waals surface area contributed by atoms with E-state index in [4.69, 9.17) is 4.74 Å². The van der Waals surface area contributed by atoms with Crippen molar-refractivity contribution in [2.45, 2.75) is 13.0 Å². The third-order valence-corrected chi connectivity index (χ3v) is 3.64. The molecule has 1 aromatic carbocycles. The minimum atomic E-state index is -0.271. The molecule has 0 fully saturated rings. The van der Waals surface area contributed by atoms with E-state index in [1.54, 1.807) is 23.5 Å². The Kier molecular flexibility index (Phi) is 4.73. The van der Waals surface area contributed by atoms with E-state index in [1.807, 2.05) is 6.07 Å². The van der Waals surface area contributed by atoms with Crippen molar-refractivity contribution >= 4 is 11.3 Å². The smallest absolute Gasteiger partial charge is 0.126 e. The summed E-state index contributed by atoms with van der Waals surface area (Å²) in [6.07, 6.45) is 0. The molecule has 1 heterocycles. The summed E-state index contributed by atoms with van der Waals surface area (Å²) in [5.74, 6) is 0.299. The SMILES string of the molecule is CC(NCCOc1cccc(F)c1)c1cccs1. The van der Waals surface area contributed by atoms with Crippen LogP contribution in [0.3, 0.4) is 0 Å². The fraction of sp³-hybridized carbons (Fsp3) is 0.286. The molecular formula is C14H16FNOS. The molecule has 4 heteroatoms. The molecule has 2 aromatic rings. The molecule has 18 heavy (non-hydrogen) atoms. The van der Waals surface area contributed by atoms with E-state index in [0.29, 0.717) is 18.4 Å². The monoisotopic (exact) mass is 265 g/mol. The van der Waals surface area contributed by atoms with Crippen LogP contribution in [0.25, 0.3) is 0 Å². The number of nitrogens with one attached hydrogen (secondary N) is 1. The number of rotatable bonds is 6. The van der Waals surface area contributed by atoms with Gasteiger partial charge in [-0.2, -0.15) is 0 Å². The molecule has 1 N–H and O–H groups in total. The Morgan fingerprint density at radius 1 is 1.33 bits per heavy atom. The molecule has 2 rings (SSSR count). The molecule has 1 aromatic heterocycles. The molecule has 0 aliphatic carbocycles. The van der Waals surface area contributed by atoms with Crippen molar-refractivity contribution in [2.24, 2.45) is 0 Å². The van der Waals surface area contributed by atoms with Gasteiger partial charge in [-0.15, -0.1) is 11.3 Å². The van der Waals surface area contributed by atoms with Gasteiger partial charge in [0.05, 0.1) is 0 Å². The van der Waals surface area contributed by atoms with Gasteiger partial charge in [-0.1, -0.05) is 12.1 Å². The number of ether oxygens (including phenoxy) is 1. The molecule has 96 valence electrons. The van der Waals surface area contributed by atoms with Crippen molar-refractivity contribution in [3.8, 4) is 5.75 Å². The number of halogens is 1. The summed E-state index contributed by atoms with van der Waals surface area (Å²) in [7, 11) is 0. The third-order valence-electron chi connectivity index (χ3n) is 2.59. The first-order valence-corrected chi connectivity index (χ1v) is 6.79. The largest absolute Gasteiger partial charge is 0.492 e. The number of benzene rings is 1. The van der Waals surface area contributed by atoms with E-state index in [9.17, 15) is 4.39 Å². The lowest BCUT2D eigenvalue weighted by Gasteiger charge is -2.12. The minimum absolute atomic E-state index is 0.271. The normalized spacial score (nSPS) is 12.3. The highest BCUT2D eigenvalue weighted by molar-refractivity contribution is 7.10. The van der Waals surface area contributed by atoms with Crippen LogP contribution < -0.4 is 10.1 Å². The second-order valence-corrected chi connectivity index (χ2v) is 4.98. The summed E-state index contributed by atoms with van der Waals surface area (Å²) in [5, 5.41) is 5.43. The van der Waals surface area contributed by atoms with Crippen molar-refractivity contribution in [1.82, 2.24) is 5.32 Å². The molecule has 0 bridgehead atoms. The lowest BCUT2D eigenvalue weighted by atomic mass is 10.3. The van der Waals surface area contributed by atoms with Gasteiger partial charge >= 0.3 is 0 Å². The quantitative estimate of drug-likeness (QED) is 0.805. The van der Waals surface area contributed by atoms with Crippen molar-refractivity contribution in [3.05, 3.63) is 52.5 Å². The zero-order valence-electron chi connectivity index (χ0n) is 10.2. The van der Waals surface area contributed by atoms with Crippen LogP contribution in [-0.2, 0) is 0 Å². The molecular weight excluding hydrogens is 249 g/mol. The minimum Gasteiger partial charge on any atom is -0.492 e. The van der Waals surface area contributed by atoms with Gasteiger partial charge in [0.2, 0.25) is 0 Å². The van der Waals surface area contributed by atoms with E-state index < -0.39 is 0 Å². The third kappa shape index (κ3) is 3.82. The zero-order valence-corrected chi connectivity index (χ0v) is 11.0. The number of thiophene rings is 1. The maximum absolute atomic E-state index is 12.9. The first kappa shape index (κ1) is 13.1. The van der Waals surface area contributed by atoms with Gasteiger partial charge in [-0.3, -0.25) is 0 Å². The predicted molar refractivity (Wildman–Crippen MR) is 72.6 cm³/mol. The Hall–Kier alpha value is -1.39. The summed E-state index contributed by atoms with van der Waals surface area (Å²) in [5.41, 5.74) is 0. The Labute approximate surface area is 110 Å². The highest BCUT2D eigenvalue weighted by atomic mass is 32.1. The van der Waals surface area contributed by atoms with Gasteiger partial charge < -0.3 is 10.1 Å². The zero-order chi connectivity index (χ0) is 12.8. The van der Waals surface area contributed by atoms with Crippen LogP contribution in [0.5, 0.6) is 5.75 Å². The molecule has 0 radical (unpaired) electrons. The molecule has 0 aliphatic rings. The molecule has 0 aliphatic heterocycles. The molecule has 0 saturated heterocycles. The molecule has 0 spiro atoms. The van der Waals surface area contributed by atoms with Crippen molar-refractivity contribution in [1.29, 1.82) is 0 Å². The van der Waals surface area contributed by atoms with E-state index in [0.717, 1.165) is 6.54 Å². The van der Waals surface area contributed by atoms with Crippen molar-refractivity contribution in [2.75, 3.05) is 13.2 Å². The second kappa shape index (κ2) is 6.52. The van der Waals surface area contributed by atoms with Crippen LogP contribution in [0, 0.1) is 5.82 Å². The summed E-state index contributed by atoms with van der Waals surface area (Å²) >= 11 is 1.73. The maximum atomic E-state index is 12.9. The summed E-state index contributed by atoms with van der Waals surface area (Å²) in [6, 6.07) is 10.7. The highest BCUT2D eigenvalue weighted by Gasteiger charge is 2.04. The van der Waals surface area contributed by atoms with Crippen LogP contribution in [0.1, 0.15) is 17.8 Å². The van der Waals surface area contributed by atoms with Crippen LogP contribution in [0.2, 0.25) is 0 Å². The lowest BCUT2D eigenvalue weighted by molar-refractivity contribution is 0.306. The molecule has 0 saturated carbocycles. The van der Waals surface area contributed by atoms with Gasteiger partial charge in [0.15, 0.2) is 0 Å². The Bertz CT molecular complexity index is 472. The maximum Gasteiger partial charge on any atom is 0.126 e. The fourth-order valence-electron chi connectivity index (χ4n) is 1.64. The molecule has 0 amide bonds. The predicted octanol–water partition coefficient (Wildman–Crippen LogP) is 3.62. The van der Waals surface area contributed by atoms with Crippen molar-refractivity contribution < 1.29 is 9.13 Å². The average molecular weight is 265 g/mol. The van der Waals surface area contributed by atoms with Gasteiger partial charge in [0.1, 0.15) is 18.2 Å². The van der Waals surface area contributed by atoms with Gasteiger partial charge in [0.25, 0.3) is 0 Å². The first-order chi connectivity index (χ1) is 8.75. The number of hydrogen-bond acceptors (Lipinski definition) is 3. The van der Waals surface area contributed by atoms with E-state index in [1.165, 1.54) is 17.0 Å². The highest BCUT2D eigenvalue weighted by Crippen LogP contribution is 2.17. The van der Waals surface area contributed by atoms with E-state index >= 15 is 0 Å².